The smallest absolute Gasteiger partial charge is 0.243 e. The Bertz CT molecular complexity index is 1280. The summed E-state index contributed by atoms with van der Waals surface area (Å²) in [5, 5.41) is 18.9. The van der Waals surface area contributed by atoms with Gasteiger partial charge in [-0.1, -0.05) is 24.4 Å². The highest BCUT2D eigenvalue weighted by Gasteiger charge is 2.27. The summed E-state index contributed by atoms with van der Waals surface area (Å²) in [6.07, 6.45) is 0. The zero-order chi connectivity index (χ0) is 25.6. The molecule has 2 saturated heterocycles. The number of H-pyrrole nitrogens is 1. The maximum absolute atomic E-state index is 12.9. The van der Waals surface area contributed by atoms with Crippen molar-refractivity contribution in [1.29, 1.82) is 10.5 Å². The first-order valence-corrected chi connectivity index (χ1v) is 13.1. The molecule has 12 heteroatoms. The molecule has 0 spiro atoms. The number of likely N-dealkylation sites (N-methyl/N-ethyl adjacent to an activating group) is 2. The molecule has 2 fully saturated rings. The average molecular weight is 517 g/mol. The molecule has 10 nitrogen and oxygen atoms in total. The largest absolute Gasteiger partial charge is 0.384 e. The Morgan fingerprint density at radius 3 is 2.11 bits per heavy atom. The number of benzene rings is 1. The zero-order valence-electron chi connectivity index (χ0n) is 19.9. The fourth-order valence-electron chi connectivity index (χ4n) is 3.82. The molecule has 4 N–H and O–H groups in total. The summed E-state index contributed by atoms with van der Waals surface area (Å²) in [6.45, 7) is 6.48. The number of rotatable bonds is 3. The van der Waals surface area contributed by atoms with Crippen LogP contribution in [0, 0.1) is 27.3 Å². The van der Waals surface area contributed by atoms with E-state index < -0.39 is 10.0 Å². The van der Waals surface area contributed by atoms with Crippen LogP contribution in [0.1, 0.15) is 11.1 Å². The molecule has 35 heavy (non-hydrogen) atoms. The van der Waals surface area contributed by atoms with Crippen molar-refractivity contribution in [1.82, 2.24) is 14.2 Å². The highest BCUT2D eigenvalue weighted by Crippen LogP contribution is 2.31. The Labute approximate surface area is 211 Å². The highest BCUT2D eigenvalue weighted by molar-refractivity contribution is 7.89. The molecule has 0 unspecified atom stereocenters. The molecular weight excluding hydrogens is 486 g/mol. The summed E-state index contributed by atoms with van der Waals surface area (Å²) < 4.78 is 32.4. The molecule has 2 aliphatic rings. The minimum atomic E-state index is -3.61. The maximum atomic E-state index is 12.9. The number of anilines is 1. The molecule has 2 aromatic rings. The van der Waals surface area contributed by atoms with E-state index in [2.05, 4.69) is 16.9 Å². The number of piperazine rings is 1. The van der Waals surface area contributed by atoms with Crippen LogP contribution in [0.5, 0.6) is 0 Å². The molecule has 0 amide bonds. The molecule has 2 aliphatic heterocycles. The predicted octanol–water partition coefficient (Wildman–Crippen LogP) is 0.204. The Morgan fingerprint density at radius 2 is 1.63 bits per heavy atom. The third-order valence-electron chi connectivity index (χ3n) is 6.06. The van der Waals surface area contributed by atoms with E-state index in [9.17, 15) is 18.9 Å². The van der Waals surface area contributed by atoms with Gasteiger partial charge in [-0.05, 0) is 24.7 Å². The maximum Gasteiger partial charge on any atom is 0.243 e. The summed E-state index contributed by atoms with van der Waals surface area (Å²) in [5.74, 6) is 0.0654. The molecule has 1 aromatic carbocycles. The normalized spacial score (nSPS) is 17.6. The van der Waals surface area contributed by atoms with E-state index in [0.717, 1.165) is 13.2 Å². The van der Waals surface area contributed by atoms with Crippen LogP contribution in [0.15, 0.2) is 29.2 Å². The molecule has 4 rings (SSSR count). The van der Waals surface area contributed by atoms with Gasteiger partial charge >= 0.3 is 0 Å². The third kappa shape index (κ3) is 6.24. The topological polar surface area (TPSA) is 144 Å². The van der Waals surface area contributed by atoms with E-state index in [0.29, 0.717) is 37.3 Å². The van der Waals surface area contributed by atoms with Crippen molar-refractivity contribution in [2.75, 3.05) is 72.3 Å². The second-order valence-electron chi connectivity index (χ2n) is 8.52. The van der Waals surface area contributed by atoms with Crippen LogP contribution in [-0.2, 0) is 14.8 Å². The fraction of sp³-hybridized carbons (Fsp3) is 0.435. The van der Waals surface area contributed by atoms with E-state index in [1.165, 1.54) is 29.5 Å². The van der Waals surface area contributed by atoms with Crippen LogP contribution >= 0.6 is 12.2 Å². The molecular formula is C23H30N7O3S2+. The molecule has 186 valence electrons. The number of pyridine rings is 1. The molecule has 0 saturated carbocycles. The van der Waals surface area contributed by atoms with Gasteiger partial charge in [-0.25, -0.2) is 8.42 Å². The van der Waals surface area contributed by atoms with Crippen molar-refractivity contribution in [3.8, 4) is 23.3 Å². The highest BCUT2D eigenvalue weighted by atomic mass is 32.2. The van der Waals surface area contributed by atoms with Crippen molar-refractivity contribution >= 4 is 28.1 Å². The van der Waals surface area contributed by atoms with Gasteiger partial charge in [-0.15, -0.1) is 0 Å². The Balaban J connectivity index is 0.000000420. The van der Waals surface area contributed by atoms with Crippen LogP contribution in [0.3, 0.4) is 0 Å². The lowest BCUT2D eigenvalue weighted by Crippen LogP contribution is -3.11. The molecule has 0 bridgehead atoms. The van der Waals surface area contributed by atoms with Crippen LogP contribution in [0.2, 0.25) is 0 Å². The second kappa shape index (κ2) is 11.7. The van der Waals surface area contributed by atoms with E-state index in [1.807, 2.05) is 19.2 Å². The Kier molecular flexibility index (Phi) is 8.97. The number of quaternary nitrogens is 1. The first-order chi connectivity index (χ1) is 16.7. The lowest BCUT2D eigenvalue weighted by molar-refractivity contribution is -0.888. The first kappa shape index (κ1) is 26.8. The quantitative estimate of drug-likeness (QED) is 0.491. The SMILES string of the molecule is CN1CCN(S(=O)(=O)c2ccc(-c3c(C#N)c(N)[nH]c(=S)c3C#N)cc2)CC1.C[NH+]1CCOCC1. The number of morpholine rings is 1. The molecule has 3 heterocycles. The predicted molar refractivity (Wildman–Crippen MR) is 135 cm³/mol. The van der Waals surface area contributed by atoms with E-state index in [4.69, 9.17) is 22.7 Å². The van der Waals surface area contributed by atoms with Crippen molar-refractivity contribution in [3.63, 3.8) is 0 Å². The molecule has 0 aliphatic carbocycles. The van der Waals surface area contributed by atoms with Crippen molar-refractivity contribution in [2.45, 2.75) is 4.90 Å². The summed E-state index contributed by atoms with van der Waals surface area (Å²) in [7, 11) is 0.543. The van der Waals surface area contributed by atoms with Gasteiger partial charge in [-0.2, -0.15) is 14.8 Å². The van der Waals surface area contributed by atoms with Crippen LogP contribution < -0.4 is 10.6 Å². The van der Waals surface area contributed by atoms with Crippen molar-refractivity contribution < 1.29 is 18.1 Å². The monoisotopic (exact) mass is 516 g/mol. The number of hydrogen-bond acceptors (Lipinski definition) is 8. The van der Waals surface area contributed by atoms with Gasteiger partial charge in [0.2, 0.25) is 10.0 Å². The number of aromatic amines is 1. The minimum absolute atomic E-state index is 0.0654. The van der Waals surface area contributed by atoms with Gasteiger partial charge in [0.05, 0.1) is 30.7 Å². The lowest BCUT2D eigenvalue weighted by Gasteiger charge is -2.31. The first-order valence-electron chi connectivity index (χ1n) is 11.2. The number of aromatic nitrogens is 1. The number of nitrogen functional groups attached to an aromatic ring is 1. The number of sulfonamides is 1. The summed E-state index contributed by atoms with van der Waals surface area (Å²) >= 11 is 5.14. The number of nitriles is 2. The van der Waals surface area contributed by atoms with Crippen LogP contribution in [0.25, 0.3) is 11.1 Å². The number of nitrogens with zero attached hydrogens (tertiary/aromatic N) is 4. The molecule has 1 aromatic heterocycles. The summed E-state index contributed by atoms with van der Waals surface area (Å²) in [4.78, 5) is 6.47. The van der Waals surface area contributed by atoms with Crippen molar-refractivity contribution in [3.05, 3.63) is 40.0 Å². The lowest BCUT2D eigenvalue weighted by atomic mass is 9.97. The van der Waals surface area contributed by atoms with Crippen LogP contribution in [-0.4, -0.2) is 89.2 Å². The van der Waals surface area contributed by atoms with E-state index >= 15 is 0 Å². The van der Waals surface area contributed by atoms with Gasteiger partial charge in [-0.3, -0.25) is 0 Å². The van der Waals surface area contributed by atoms with Gasteiger partial charge < -0.3 is 25.3 Å². The van der Waals surface area contributed by atoms with Gasteiger partial charge in [0.25, 0.3) is 0 Å². The van der Waals surface area contributed by atoms with Gasteiger partial charge in [0, 0.05) is 31.7 Å². The molecule has 0 atom stereocenters. The Morgan fingerprint density at radius 1 is 1.06 bits per heavy atom. The number of hydrogen-bond donors (Lipinski definition) is 3. The van der Waals surface area contributed by atoms with Crippen molar-refractivity contribution in [2.24, 2.45) is 0 Å². The number of nitrogens with one attached hydrogen (secondary N) is 2. The fourth-order valence-corrected chi connectivity index (χ4v) is 5.50. The third-order valence-corrected chi connectivity index (χ3v) is 8.28. The summed E-state index contributed by atoms with van der Waals surface area (Å²) in [6, 6.07) is 10.0. The van der Waals surface area contributed by atoms with E-state index in [1.54, 1.807) is 17.0 Å². The molecule has 0 radical (unpaired) electrons. The van der Waals surface area contributed by atoms with E-state index in [-0.39, 0.29) is 26.5 Å². The summed E-state index contributed by atoms with van der Waals surface area (Å²) in [5.41, 5.74) is 6.86. The standard InChI is InChI=1S/C18H18N6O2S2.C5H11NO/c1-23-6-8-24(9-7-23)28(25,26)13-4-2-12(3-5-13)16-14(10-19)17(21)22-18(27)15(16)11-20;1-6-2-4-7-5-3-6/h2-5H,6-9H2,1H3,(H3,21,22,27);2-5H2,1H3/p+1. The van der Waals surface area contributed by atoms with Crippen LogP contribution in [0.4, 0.5) is 5.82 Å². The number of nitrogens with two attached hydrogens (primary N) is 1. The Hall–Kier alpha value is -2.84. The van der Waals surface area contributed by atoms with Gasteiger partial charge in [0.1, 0.15) is 41.2 Å². The van der Waals surface area contributed by atoms with Gasteiger partial charge in [0.15, 0.2) is 0 Å². The average Bonchev–Trinajstić information content (AvgIpc) is 2.85. The second-order valence-corrected chi connectivity index (χ2v) is 10.9. The zero-order valence-corrected chi connectivity index (χ0v) is 21.5. The number of ether oxygens (including phenoxy) is 1. The minimum Gasteiger partial charge on any atom is -0.384 e.